The summed E-state index contributed by atoms with van der Waals surface area (Å²) in [5.74, 6) is 0.219. The van der Waals surface area contributed by atoms with Crippen molar-refractivity contribution in [2.45, 2.75) is 25.6 Å². The number of phenols is 1. The number of fused-ring (bicyclic) bond motifs is 3. The van der Waals surface area contributed by atoms with Gasteiger partial charge in [-0.25, -0.2) is 5.01 Å². The van der Waals surface area contributed by atoms with Gasteiger partial charge in [0.1, 0.15) is 5.75 Å². The Hall–Kier alpha value is -3.59. The van der Waals surface area contributed by atoms with Crippen molar-refractivity contribution in [2.24, 2.45) is 5.10 Å². The number of thiophene rings is 1. The second-order valence-electron chi connectivity index (χ2n) is 7.17. The van der Waals surface area contributed by atoms with Crippen LogP contribution in [-0.2, 0) is 0 Å². The zero-order valence-corrected chi connectivity index (χ0v) is 17.4. The number of aromatic hydroxyl groups is 1. The number of para-hydroxylation sites is 1. The molecule has 2 aliphatic heterocycles. The minimum atomic E-state index is -0.836. The van der Waals surface area contributed by atoms with E-state index >= 15 is 0 Å². The normalized spacial score (nSPS) is 19.3. The van der Waals surface area contributed by atoms with Crippen LogP contribution in [0.15, 0.2) is 59.0 Å². The molecule has 2 atom stereocenters. The second kappa shape index (κ2) is 7.59. The molecule has 2 unspecified atom stereocenters. The predicted octanol–water partition coefficient (Wildman–Crippen LogP) is 5.00. The first-order chi connectivity index (χ1) is 15.1. The fourth-order valence-electron chi connectivity index (χ4n) is 4.08. The number of hydrogen-bond donors (Lipinski definition) is 1. The van der Waals surface area contributed by atoms with Crippen molar-refractivity contribution in [1.29, 1.82) is 0 Å². The fourth-order valence-corrected chi connectivity index (χ4v) is 4.80. The lowest BCUT2D eigenvalue weighted by molar-refractivity contribution is -0.387. The molecule has 158 valence electrons. The van der Waals surface area contributed by atoms with Crippen molar-refractivity contribution in [3.8, 4) is 17.2 Å². The summed E-state index contributed by atoms with van der Waals surface area (Å²) in [6.45, 7) is 1.89. The van der Waals surface area contributed by atoms with Crippen molar-refractivity contribution in [2.75, 3.05) is 6.61 Å². The second-order valence-corrected chi connectivity index (χ2v) is 8.12. The Morgan fingerprint density at radius 1 is 1.26 bits per heavy atom. The van der Waals surface area contributed by atoms with E-state index in [9.17, 15) is 15.2 Å². The highest BCUT2D eigenvalue weighted by atomic mass is 32.1. The maximum absolute atomic E-state index is 12.0. The Balaban J connectivity index is 1.67. The van der Waals surface area contributed by atoms with Crippen LogP contribution in [0.4, 0.5) is 5.69 Å². The summed E-state index contributed by atoms with van der Waals surface area (Å²) in [5, 5.41) is 30.8. The van der Waals surface area contributed by atoms with Gasteiger partial charge in [0, 0.05) is 12.0 Å². The number of ether oxygens (including phenoxy) is 2. The Labute approximate surface area is 182 Å². The van der Waals surface area contributed by atoms with Crippen LogP contribution in [0.2, 0.25) is 0 Å². The number of phenolic OH excluding ortho intramolecular Hbond substituents is 1. The van der Waals surface area contributed by atoms with E-state index in [1.165, 1.54) is 12.1 Å². The SMILES string of the molecule is CCOc1c(O)ccc(C2Oc3ccccc3C3CC(c4cccs4)=NN32)c1[N+](=O)[O-]. The van der Waals surface area contributed by atoms with Gasteiger partial charge in [-0.05, 0) is 36.6 Å². The lowest BCUT2D eigenvalue weighted by Gasteiger charge is -2.38. The molecule has 1 N–H and O–H groups in total. The Morgan fingerprint density at radius 2 is 2.10 bits per heavy atom. The van der Waals surface area contributed by atoms with Crippen LogP contribution < -0.4 is 9.47 Å². The molecule has 0 amide bonds. The van der Waals surface area contributed by atoms with Crippen LogP contribution in [0.3, 0.4) is 0 Å². The topological polar surface area (TPSA) is 97.4 Å². The molecule has 0 saturated carbocycles. The summed E-state index contributed by atoms with van der Waals surface area (Å²) in [6, 6.07) is 14.4. The highest BCUT2D eigenvalue weighted by Gasteiger charge is 2.44. The van der Waals surface area contributed by atoms with Gasteiger partial charge < -0.3 is 14.6 Å². The van der Waals surface area contributed by atoms with Crippen LogP contribution in [0.25, 0.3) is 0 Å². The lowest BCUT2D eigenvalue weighted by Crippen LogP contribution is -2.34. The quantitative estimate of drug-likeness (QED) is 0.445. The molecule has 1 aromatic heterocycles. The molecule has 0 spiro atoms. The van der Waals surface area contributed by atoms with Crippen molar-refractivity contribution >= 4 is 22.7 Å². The highest BCUT2D eigenvalue weighted by molar-refractivity contribution is 7.12. The largest absolute Gasteiger partial charge is 0.504 e. The monoisotopic (exact) mass is 437 g/mol. The lowest BCUT2D eigenvalue weighted by atomic mass is 9.97. The maximum Gasteiger partial charge on any atom is 0.323 e. The molecule has 2 aliphatic rings. The number of rotatable bonds is 5. The number of nitro groups is 1. The van der Waals surface area contributed by atoms with Gasteiger partial charge in [-0.15, -0.1) is 11.3 Å². The van der Waals surface area contributed by atoms with E-state index in [0.717, 1.165) is 16.2 Å². The molecule has 2 aromatic carbocycles. The van der Waals surface area contributed by atoms with Crippen LogP contribution >= 0.6 is 11.3 Å². The molecular formula is C22H19N3O5S. The van der Waals surface area contributed by atoms with Gasteiger partial charge in [-0.2, -0.15) is 5.10 Å². The van der Waals surface area contributed by atoms with E-state index in [2.05, 4.69) is 0 Å². The van der Waals surface area contributed by atoms with E-state index < -0.39 is 11.2 Å². The fraction of sp³-hybridized carbons (Fsp3) is 0.227. The summed E-state index contributed by atoms with van der Waals surface area (Å²) in [4.78, 5) is 12.5. The molecule has 0 bridgehead atoms. The van der Waals surface area contributed by atoms with E-state index in [1.54, 1.807) is 23.3 Å². The Morgan fingerprint density at radius 3 is 2.84 bits per heavy atom. The molecule has 9 heteroatoms. The van der Waals surface area contributed by atoms with Gasteiger partial charge in [0.2, 0.25) is 12.0 Å². The molecule has 5 rings (SSSR count). The maximum atomic E-state index is 12.0. The van der Waals surface area contributed by atoms with Gasteiger partial charge in [0.15, 0.2) is 5.75 Å². The van der Waals surface area contributed by atoms with Gasteiger partial charge in [0.25, 0.3) is 0 Å². The first-order valence-electron chi connectivity index (χ1n) is 9.86. The molecule has 0 fully saturated rings. The zero-order valence-electron chi connectivity index (χ0n) is 16.6. The van der Waals surface area contributed by atoms with Gasteiger partial charge in [-0.3, -0.25) is 10.1 Å². The third kappa shape index (κ3) is 3.17. The minimum Gasteiger partial charge on any atom is -0.504 e. The van der Waals surface area contributed by atoms with E-state index in [-0.39, 0.29) is 35.4 Å². The van der Waals surface area contributed by atoms with Crippen LogP contribution in [-0.4, -0.2) is 27.4 Å². The molecule has 0 radical (unpaired) electrons. The van der Waals surface area contributed by atoms with Gasteiger partial charge >= 0.3 is 5.69 Å². The first-order valence-corrected chi connectivity index (χ1v) is 10.7. The van der Waals surface area contributed by atoms with Crippen LogP contribution in [0.1, 0.15) is 41.6 Å². The van der Waals surface area contributed by atoms with Crippen LogP contribution in [0.5, 0.6) is 17.2 Å². The van der Waals surface area contributed by atoms with E-state index in [4.69, 9.17) is 14.6 Å². The molecule has 3 aromatic rings. The smallest absolute Gasteiger partial charge is 0.323 e. The third-order valence-corrected chi connectivity index (χ3v) is 6.30. The van der Waals surface area contributed by atoms with Crippen molar-refractivity contribution < 1.29 is 19.5 Å². The number of nitrogens with zero attached hydrogens (tertiary/aromatic N) is 3. The van der Waals surface area contributed by atoms with Crippen LogP contribution in [0, 0.1) is 10.1 Å². The Kier molecular flexibility index (Phi) is 4.74. The number of hydrogen-bond acceptors (Lipinski definition) is 8. The molecular weight excluding hydrogens is 418 g/mol. The first kappa shape index (κ1) is 19.4. The van der Waals surface area contributed by atoms with E-state index in [1.807, 2.05) is 41.8 Å². The van der Waals surface area contributed by atoms with Crippen molar-refractivity contribution in [3.63, 3.8) is 0 Å². The summed E-state index contributed by atoms with van der Waals surface area (Å²) in [5.41, 5.74) is 1.86. The average molecular weight is 437 g/mol. The highest BCUT2D eigenvalue weighted by Crippen LogP contribution is 2.51. The number of nitro benzene ring substituents is 1. The van der Waals surface area contributed by atoms with E-state index in [0.29, 0.717) is 12.2 Å². The molecule has 3 heterocycles. The Bertz CT molecular complexity index is 1180. The summed E-state index contributed by atoms with van der Waals surface area (Å²) in [7, 11) is 0. The average Bonchev–Trinajstić information content (AvgIpc) is 3.44. The predicted molar refractivity (Wildman–Crippen MR) is 116 cm³/mol. The number of benzene rings is 2. The van der Waals surface area contributed by atoms with Crippen molar-refractivity contribution in [3.05, 3.63) is 80.0 Å². The third-order valence-electron chi connectivity index (χ3n) is 5.38. The van der Waals surface area contributed by atoms with Gasteiger partial charge in [-0.1, -0.05) is 24.3 Å². The summed E-state index contributed by atoms with van der Waals surface area (Å²) >= 11 is 1.60. The van der Waals surface area contributed by atoms with Gasteiger partial charge in [0.05, 0.1) is 33.7 Å². The molecule has 31 heavy (non-hydrogen) atoms. The minimum absolute atomic E-state index is 0.115. The molecule has 0 aliphatic carbocycles. The van der Waals surface area contributed by atoms with Crippen molar-refractivity contribution in [1.82, 2.24) is 5.01 Å². The summed E-state index contributed by atoms with van der Waals surface area (Å²) in [6.07, 6.45) is -0.167. The molecule has 8 nitrogen and oxygen atoms in total. The summed E-state index contributed by atoms with van der Waals surface area (Å²) < 4.78 is 11.7. The molecule has 0 saturated heterocycles. The zero-order chi connectivity index (χ0) is 21.5. The standard InChI is InChI=1S/C22H19N3O5S/c1-2-29-21-17(26)10-9-14(20(21)25(27)28)22-24-16(13-6-3-4-7-18(13)30-22)12-15(23-24)19-8-5-11-31-19/h3-11,16,22,26H,2,12H2,1H3. The number of hydrazone groups is 1.